The van der Waals surface area contributed by atoms with Crippen LogP contribution < -0.4 is 0 Å². The Morgan fingerprint density at radius 2 is 2.00 bits per heavy atom. The molecule has 0 bridgehead atoms. The average Bonchev–Trinajstić information content (AvgIpc) is 3.44. The van der Waals surface area contributed by atoms with Gasteiger partial charge in [-0.1, -0.05) is 48.0 Å². The molecule has 36 heavy (non-hydrogen) atoms. The third-order valence-corrected chi connectivity index (χ3v) is 8.11. The maximum Gasteiger partial charge on any atom is 0.124 e. The highest BCUT2D eigenvalue weighted by Gasteiger charge is 2.28. The van der Waals surface area contributed by atoms with Gasteiger partial charge < -0.3 is 9.47 Å². The Bertz CT molecular complexity index is 1210. The Labute approximate surface area is 220 Å². The normalized spacial score (nSPS) is 21.6. The van der Waals surface area contributed by atoms with Crippen molar-refractivity contribution in [3.8, 4) is 0 Å². The predicted molar refractivity (Wildman–Crippen MR) is 150 cm³/mol. The summed E-state index contributed by atoms with van der Waals surface area (Å²) in [5.74, 6) is 1.35. The first-order valence-corrected chi connectivity index (χ1v) is 13.5. The molecule has 1 aromatic carbocycles. The van der Waals surface area contributed by atoms with E-state index in [1.165, 1.54) is 27.8 Å². The molecule has 0 N–H and O–H groups in total. The van der Waals surface area contributed by atoms with Crippen molar-refractivity contribution in [2.24, 2.45) is 4.99 Å². The molecular weight excluding hydrogens is 466 g/mol. The number of halogens is 1. The molecule has 188 valence electrons. The molecule has 0 amide bonds. The first-order chi connectivity index (χ1) is 17.6. The maximum absolute atomic E-state index is 6.74. The maximum atomic E-state index is 6.74. The van der Waals surface area contributed by atoms with Crippen LogP contribution in [0.15, 0.2) is 88.2 Å². The molecular formula is C30H36ClN5. The summed E-state index contributed by atoms with van der Waals surface area (Å²) in [4.78, 5) is 14.1. The summed E-state index contributed by atoms with van der Waals surface area (Å²) in [6, 6.07) is 8.79. The molecule has 1 unspecified atom stereocenters. The Balaban J connectivity index is 1.28. The van der Waals surface area contributed by atoms with Gasteiger partial charge in [0.1, 0.15) is 5.82 Å². The molecule has 3 aliphatic rings. The number of imidazole rings is 1. The topological polar surface area (TPSA) is 36.7 Å². The first-order valence-electron chi connectivity index (χ1n) is 13.1. The first kappa shape index (κ1) is 24.8. The van der Waals surface area contributed by atoms with Crippen LogP contribution in [0, 0.1) is 0 Å². The van der Waals surface area contributed by atoms with E-state index in [1.807, 2.05) is 18.7 Å². The van der Waals surface area contributed by atoms with E-state index in [1.54, 1.807) is 0 Å². The van der Waals surface area contributed by atoms with Gasteiger partial charge in [0.25, 0.3) is 0 Å². The van der Waals surface area contributed by atoms with Crippen LogP contribution in [0.3, 0.4) is 0 Å². The smallest absolute Gasteiger partial charge is 0.124 e. The van der Waals surface area contributed by atoms with E-state index in [0.717, 1.165) is 69.4 Å². The van der Waals surface area contributed by atoms with Crippen LogP contribution in [0.1, 0.15) is 50.2 Å². The highest BCUT2D eigenvalue weighted by atomic mass is 35.5. The number of piperazine rings is 1. The van der Waals surface area contributed by atoms with E-state index in [2.05, 4.69) is 81.9 Å². The molecule has 2 aromatic rings. The highest BCUT2D eigenvalue weighted by Crippen LogP contribution is 2.44. The fourth-order valence-electron chi connectivity index (χ4n) is 5.54. The van der Waals surface area contributed by atoms with Gasteiger partial charge in [-0.05, 0) is 67.0 Å². The molecule has 1 fully saturated rings. The zero-order valence-corrected chi connectivity index (χ0v) is 22.2. The largest absolute Gasteiger partial charge is 0.354 e. The Kier molecular flexibility index (Phi) is 7.88. The van der Waals surface area contributed by atoms with Crippen LogP contribution in [0.5, 0.6) is 0 Å². The molecule has 0 radical (unpaired) electrons. The molecule has 1 saturated heterocycles. The van der Waals surface area contributed by atoms with Gasteiger partial charge in [0, 0.05) is 68.8 Å². The second kappa shape index (κ2) is 11.4. The molecule has 6 heteroatoms. The molecule has 1 aromatic heterocycles. The third kappa shape index (κ3) is 5.42. The quantitative estimate of drug-likeness (QED) is 0.421. The summed E-state index contributed by atoms with van der Waals surface area (Å²) in [5.41, 5.74) is 6.59. The van der Waals surface area contributed by atoms with E-state index in [-0.39, 0.29) is 5.92 Å². The van der Waals surface area contributed by atoms with Crippen LogP contribution in [0.4, 0.5) is 0 Å². The SMILES string of the molecule is C/C=C(/N=C\C1=C(C)c2ccccc2C(C2=C(Cl)CCC=C2)C1)N1CCN(CCn2ccnc2)CC1. The zero-order chi connectivity index (χ0) is 24.9. The number of allylic oxidation sites excluding steroid dienone is 7. The molecule has 0 saturated carbocycles. The van der Waals surface area contributed by atoms with Crippen molar-refractivity contribution in [3.05, 3.63) is 94.3 Å². The number of nitrogens with zero attached hydrogens (tertiary/aromatic N) is 5. The van der Waals surface area contributed by atoms with Crippen molar-refractivity contribution < 1.29 is 0 Å². The van der Waals surface area contributed by atoms with Crippen LogP contribution in [-0.2, 0) is 6.54 Å². The monoisotopic (exact) mass is 501 g/mol. The van der Waals surface area contributed by atoms with Crippen molar-refractivity contribution in [2.45, 2.75) is 45.6 Å². The lowest BCUT2D eigenvalue weighted by Gasteiger charge is -2.36. The van der Waals surface area contributed by atoms with Crippen molar-refractivity contribution in [2.75, 3.05) is 32.7 Å². The summed E-state index contributed by atoms with van der Waals surface area (Å²) in [6.07, 6.45) is 17.4. The minimum absolute atomic E-state index is 0.281. The van der Waals surface area contributed by atoms with Crippen LogP contribution in [-0.4, -0.2) is 58.3 Å². The van der Waals surface area contributed by atoms with E-state index >= 15 is 0 Å². The van der Waals surface area contributed by atoms with E-state index in [0.29, 0.717) is 0 Å². The number of hydrogen-bond acceptors (Lipinski definition) is 4. The number of rotatable bonds is 7. The van der Waals surface area contributed by atoms with Gasteiger partial charge in [0.2, 0.25) is 0 Å². The predicted octanol–water partition coefficient (Wildman–Crippen LogP) is 6.24. The molecule has 0 spiro atoms. The van der Waals surface area contributed by atoms with Gasteiger partial charge >= 0.3 is 0 Å². The minimum atomic E-state index is 0.281. The van der Waals surface area contributed by atoms with E-state index in [4.69, 9.17) is 16.6 Å². The number of fused-ring (bicyclic) bond motifs is 1. The van der Waals surface area contributed by atoms with Crippen LogP contribution in [0.2, 0.25) is 0 Å². The van der Waals surface area contributed by atoms with Gasteiger partial charge in [-0.3, -0.25) is 4.90 Å². The summed E-state index contributed by atoms with van der Waals surface area (Å²) < 4.78 is 2.14. The molecule has 1 atom stereocenters. The zero-order valence-electron chi connectivity index (χ0n) is 21.4. The lowest BCUT2D eigenvalue weighted by atomic mass is 9.75. The van der Waals surface area contributed by atoms with Crippen molar-refractivity contribution in [1.29, 1.82) is 0 Å². The van der Waals surface area contributed by atoms with Gasteiger partial charge in [-0.15, -0.1) is 0 Å². The van der Waals surface area contributed by atoms with Crippen LogP contribution >= 0.6 is 11.6 Å². The van der Waals surface area contributed by atoms with Crippen molar-refractivity contribution in [1.82, 2.24) is 19.4 Å². The lowest BCUT2D eigenvalue weighted by molar-refractivity contribution is 0.154. The highest BCUT2D eigenvalue weighted by molar-refractivity contribution is 6.30. The molecule has 1 aliphatic heterocycles. The minimum Gasteiger partial charge on any atom is -0.354 e. The Hall–Kier alpha value is -2.89. The number of benzene rings is 1. The Morgan fingerprint density at radius 3 is 2.75 bits per heavy atom. The van der Waals surface area contributed by atoms with E-state index < -0.39 is 0 Å². The van der Waals surface area contributed by atoms with Gasteiger partial charge in [0.15, 0.2) is 0 Å². The molecule has 5 rings (SSSR count). The number of aromatic nitrogens is 2. The molecule has 5 nitrogen and oxygen atoms in total. The lowest BCUT2D eigenvalue weighted by Crippen LogP contribution is -2.46. The molecule has 2 heterocycles. The Morgan fingerprint density at radius 1 is 1.17 bits per heavy atom. The van der Waals surface area contributed by atoms with Crippen molar-refractivity contribution in [3.63, 3.8) is 0 Å². The van der Waals surface area contributed by atoms with Crippen molar-refractivity contribution >= 4 is 23.4 Å². The number of aliphatic imine (C=N–C) groups is 1. The number of hydrogen-bond donors (Lipinski definition) is 0. The third-order valence-electron chi connectivity index (χ3n) is 7.70. The fraction of sp³-hybridized carbons (Fsp3) is 0.400. The second-order valence-electron chi connectivity index (χ2n) is 9.83. The average molecular weight is 502 g/mol. The van der Waals surface area contributed by atoms with Gasteiger partial charge in [-0.2, -0.15) is 0 Å². The standard InChI is InChI=1S/C30H36ClN5/c1-3-30(36-18-16-34(17-19-36)14-15-35-13-12-32-22-35)33-21-24-20-28(27-10-6-7-11-29(27)31)26-9-5-4-8-25(26)23(24)2/h3-6,8-10,12-13,21-22,28H,7,11,14-20H2,1-2H3/b30-3-,33-21-. The van der Waals surface area contributed by atoms with Gasteiger partial charge in [0.05, 0.1) is 6.33 Å². The van der Waals surface area contributed by atoms with Crippen LogP contribution in [0.25, 0.3) is 5.57 Å². The summed E-state index contributed by atoms with van der Waals surface area (Å²) in [5, 5.41) is 1.01. The summed E-state index contributed by atoms with van der Waals surface area (Å²) in [6.45, 7) is 10.5. The fourth-order valence-corrected chi connectivity index (χ4v) is 5.85. The summed E-state index contributed by atoms with van der Waals surface area (Å²) in [7, 11) is 0. The summed E-state index contributed by atoms with van der Waals surface area (Å²) >= 11 is 6.74. The molecule has 2 aliphatic carbocycles. The van der Waals surface area contributed by atoms with Gasteiger partial charge in [-0.25, -0.2) is 9.98 Å². The van der Waals surface area contributed by atoms with E-state index in [9.17, 15) is 0 Å². The second-order valence-corrected chi connectivity index (χ2v) is 10.3.